The van der Waals surface area contributed by atoms with E-state index in [4.69, 9.17) is 25.7 Å². The molecule has 1 saturated heterocycles. The van der Waals surface area contributed by atoms with E-state index >= 15 is 0 Å². The number of ether oxygens (including phenoxy) is 3. The van der Waals surface area contributed by atoms with Gasteiger partial charge in [-0.2, -0.15) is 0 Å². The molecule has 3 saturated carbocycles. The number of nitrogens with two attached hydrogens (primary N) is 2. The molecule has 4 fully saturated rings. The molecule has 0 aromatic rings. The summed E-state index contributed by atoms with van der Waals surface area (Å²) in [6.07, 6.45) is 4.59. The number of esters is 2. The van der Waals surface area contributed by atoms with E-state index in [9.17, 15) is 24.3 Å². The van der Waals surface area contributed by atoms with E-state index in [0.29, 0.717) is 39.0 Å². The summed E-state index contributed by atoms with van der Waals surface area (Å²) < 4.78 is 18.5. The Morgan fingerprint density at radius 1 is 1.06 bits per heavy atom. The fourth-order valence-electron chi connectivity index (χ4n) is 11.6. The van der Waals surface area contributed by atoms with Gasteiger partial charge in [0.05, 0.1) is 19.1 Å². The molecule has 10 heteroatoms. The molecule has 5 N–H and O–H groups in total. The third kappa shape index (κ3) is 5.13. The fourth-order valence-corrected chi connectivity index (χ4v) is 11.6. The molecule has 4 aliphatic carbocycles. The maximum absolute atomic E-state index is 14.8. The number of carbonyl (C=O) groups excluding carboxylic acids is 3. The van der Waals surface area contributed by atoms with Crippen molar-refractivity contribution < 1.29 is 38.5 Å². The zero-order valence-corrected chi connectivity index (χ0v) is 29.7. The van der Waals surface area contributed by atoms with Crippen LogP contribution < -0.4 is 11.5 Å². The quantitative estimate of drug-likeness (QED) is 0.296. The number of carboxylic acid groups (broad SMARTS) is 1. The van der Waals surface area contributed by atoms with Crippen molar-refractivity contribution in [2.75, 3.05) is 19.8 Å². The third-order valence-corrected chi connectivity index (χ3v) is 14.5. The smallest absolute Gasteiger partial charge is 0.323 e. The minimum absolute atomic E-state index is 0.0121. The first-order chi connectivity index (χ1) is 21.8. The van der Waals surface area contributed by atoms with Crippen LogP contribution in [0.2, 0.25) is 0 Å². The third-order valence-electron chi connectivity index (χ3n) is 14.5. The maximum atomic E-state index is 14.8. The van der Waals surface area contributed by atoms with Crippen LogP contribution in [0.25, 0.3) is 0 Å². The highest BCUT2D eigenvalue weighted by atomic mass is 16.6. The molecule has 5 rings (SSSR count). The Labute approximate surface area is 280 Å². The predicted molar refractivity (Wildman–Crippen MR) is 176 cm³/mol. The number of ketones is 1. The van der Waals surface area contributed by atoms with Crippen LogP contribution in [0.5, 0.6) is 0 Å². The van der Waals surface area contributed by atoms with Gasteiger partial charge in [-0.1, -0.05) is 54.0 Å². The van der Waals surface area contributed by atoms with Crippen molar-refractivity contribution in [2.45, 2.75) is 119 Å². The lowest BCUT2D eigenvalue weighted by atomic mass is 9.34. The summed E-state index contributed by atoms with van der Waals surface area (Å²) >= 11 is 0. The van der Waals surface area contributed by atoms with Crippen molar-refractivity contribution in [3.63, 3.8) is 0 Å². The van der Waals surface area contributed by atoms with E-state index < -0.39 is 69.2 Å². The van der Waals surface area contributed by atoms with E-state index in [1.54, 1.807) is 6.08 Å². The Kier molecular flexibility index (Phi) is 9.37. The zero-order chi connectivity index (χ0) is 34.9. The fraction of sp³-hybridized carbons (Fsp3) is 0.838. The summed E-state index contributed by atoms with van der Waals surface area (Å²) in [4.78, 5) is 53.9. The molecule has 5 aliphatic rings. The maximum Gasteiger partial charge on any atom is 0.323 e. The van der Waals surface area contributed by atoms with Crippen molar-refractivity contribution in [1.29, 1.82) is 0 Å². The number of rotatable bonds is 9. The number of aliphatic carboxylic acids is 1. The van der Waals surface area contributed by atoms with Crippen LogP contribution in [0.15, 0.2) is 11.6 Å². The summed E-state index contributed by atoms with van der Waals surface area (Å²) in [5.41, 5.74) is 9.23. The number of hydrogen-bond donors (Lipinski definition) is 3. The van der Waals surface area contributed by atoms with Gasteiger partial charge in [0.15, 0.2) is 5.78 Å². The van der Waals surface area contributed by atoms with Crippen LogP contribution >= 0.6 is 0 Å². The SMILES string of the molecule is CC(=O)O[C@@H]1C[C@]23COC[C@@](C)([C@@H]2CC[C@H]2C3=CC(=O)[C@@]3(C)[C@H](C(=O)O)[C@@](C)([C@H](C)C(C)C)CC[C@]23C)[C@H]1OC(=O)C(N)CCCN. The molecule has 264 valence electrons. The van der Waals surface area contributed by atoms with E-state index in [-0.39, 0.29) is 29.5 Å². The summed E-state index contributed by atoms with van der Waals surface area (Å²) in [6.45, 7) is 17.0. The summed E-state index contributed by atoms with van der Waals surface area (Å²) in [7, 11) is 0. The van der Waals surface area contributed by atoms with Crippen LogP contribution in [0.1, 0.15) is 100 Å². The number of carbonyl (C=O) groups is 4. The van der Waals surface area contributed by atoms with Crippen molar-refractivity contribution in [2.24, 2.45) is 68.1 Å². The van der Waals surface area contributed by atoms with E-state index in [2.05, 4.69) is 34.6 Å². The monoisotopic (exact) mass is 658 g/mol. The highest BCUT2D eigenvalue weighted by Crippen LogP contribution is 2.74. The Bertz CT molecular complexity index is 1330. The highest BCUT2D eigenvalue weighted by molar-refractivity contribution is 6.00. The van der Waals surface area contributed by atoms with Crippen LogP contribution in [-0.2, 0) is 33.4 Å². The van der Waals surface area contributed by atoms with Gasteiger partial charge < -0.3 is 30.8 Å². The second-order valence-electron chi connectivity index (χ2n) is 17.0. The van der Waals surface area contributed by atoms with Gasteiger partial charge in [0, 0.05) is 23.2 Å². The topological polar surface area (TPSA) is 168 Å². The van der Waals surface area contributed by atoms with Gasteiger partial charge in [-0.05, 0) is 92.1 Å². The molecule has 0 aromatic heterocycles. The van der Waals surface area contributed by atoms with E-state index in [1.807, 2.05) is 13.8 Å². The molecule has 47 heavy (non-hydrogen) atoms. The van der Waals surface area contributed by atoms with Crippen LogP contribution in [0.3, 0.4) is 0 Å². The van der Waals surface area contributed by atoms with Gasteiger partial charge >= 0.3 is 17.9 Å². The van der Waals surface area contributed by atoms with Crippen molar-refractivity contribution in [1.82, 2.24) is 0 Å². The van der Waals surface area contributed by atoms with Crippen LogP contribution in [0, 0.1) is 56.7 Å². The first-order valence-electron chi connectivity index (χ1n) is 17.8. The lowest BCUT2D eigenvalue weighted by Crippen LogP contribution is -2.71. The number of carboxylic acids is 1. The molecule has 1 unspecified atom stereocenters. The Morgan fingerprint density at radius 3 is 2.34 bits per heavy atom. The minimum Gasteiger partial charge on any atom is -0.481 e. The largest absolute Gasteiger partial charge is 0.481 e. The number of hydrogen-bond acceptors (Lipinski definition) is 9. The normalized spacial score (nSPS) is 43.9. The lowest BCUT2D eigenvalue weighted by Gasteiger charge is -2.70. The van der Waals surface area contributed by atoms with Crippen molar-refractivity contribution in [3.8, 4) is 0 Å². The van der Waals surface area contributed by atoms with Gasteiger partial charge in [0.25, 0.3) is 0 Å². The van der Waals surface area contributed by atoms with Gasteiger partial charge in [-0.15, -0.1) is 0 Å². The van der Waals surface area contributed by atoms with Gasteiger partial charge in [0.1, 0.15) is 18.2 Å². The average molecular weight is 659 g/mol. The van der Waals surface area contributed by atoms with Crippen molar-refractivity contribution in [3.05, 3.63) is 11.6 Å². The highest BCUT2D eigenvalue weighted by Gasteiger charge is 2.74. The molecule has 0 spiro atoms. The molecule has 1 aliphatic heterocycles. The first-order valence-corrected chi connectivity index (χ1v) is 17.8. The average Bonchev–Trinajstić information content (AvgIpc) is 2.98. The molecule has 0 amide bonds. The van der Waals surface area contributed by atoms with Gasteiger partial charge in [-0.25, -0.2) is 0 Å². The number of allylic oxidation sites excluding steroid dienone is 1. The zero-order valence-electron chi connectivity index (χ0n) is 29.7. The predicted octanol–water partition coefficient (Wildman–Crippen LogP) is 4.66. The van der Waals surface area contributed by atoms with E-state index in [0.717, 1.165) is 31.3 Å². The Morgan fingerprint density at radius 2 is 1.74 bits per heavy atom. The summed E-state index contributed by atoms with van der Waals surface area (Å²) in [6, 6.07) is -0.846. The molecule has 10 nitrogen and oxygen atoms in total. The molecular weight excluding hydrogens is 600 g/mol. The van der Waals surface area contributed by atoms with Crippen molar-refractivity contribution >= 4 is 23.7 Å². The Balaban J connectivity index is 1.60. The molecule has 0 aromatic carbocycles. The van der Waals surface area contributed by atoms with E-state index in [1.165, 1.54) is 6.92 Å². The second-order valence-corrected chi connectivity index (χ2v) is 17.0. The summed E-state index contributed by atoms with van der Waals surface area (Å²) in [5.74, 6) is -2.59. The molecular formula is C37H58N2O8. The van der Waals surface area contributed by atoms with Gasteiger partial charge in [0.2, 0.25) is 0 Å². The number of fused-ring (bicyclic) bond motifs is 3. The minimum atomic E-state index is -1.10. The molecule has 2 bridgehead atoms. The standard InChI is InChI=1S/C37H58N2O8/c1-20(2)21(3)33(5)13-14-35(7)23-11-12-27-34(6)18-45-19-37(27,24(23)16-28(41)36(35,8)29(33)31(42)43)17-26(46-22(4)40)30(34)47-32(44)25(39)10-9-15-38/h16,20-21,23,25-27,29-30H,9-15,17-19,38-39H2,1-8H3,(H,42,43)/t21-,23+,25?,26-,27+,29-,30+,33-,34+,35-,36+,37-/m1/s1. The summed E-state index contributed by atoms with van der Waals surface area (Å²) in [5, 5.41) is 10.9. The first kappa shape index (κ1) is 36.0. The second kappa shape index (κ2) is 12.2. The lowest BCUT2D eigenvalue weighted by molar-refractivity contribution is -0.262. The molecule has 0 radical (unpaired) electrons. The molecule has 12 atom stereocenters. The van der Waals surface area contributed by atoms with Gasteiger partial charge in [-0.3, -0.25) is 19.2 Å². The molecule has 1 heterocycles. The Hall–Kier alpha value is -2.30. The van der Waals surface area contributed by atoms with Crippen LogP contribution in [-0.4, -0.2) is 66.8 Å². The van der Waals surface area contributed by atoms with Crippen LogP contribution in [0.4, 0.5) is 0 Å².